The number of carboxylic acids is 1. The summed E-state index contributed by atoms with van der Waals surface area (Å²) >= 11 is 0. The SMILES string of the molecule is CC(C)(Oc1ccc(CCCc2n[nH]c(=O)n2Cc2ccc(F)cc2)cc1)C(=O)O. The molecule has 0 bridgehead atoms. The molecule has 3 aromatic rings. The fourth-order valence-electron chi connectivity index (χ4n) is 2.99. The lowest BCUT2D eigenvalue weighted by Crippen LogP contribution is -2.37. The second-order valence-electron chi connectivity index (χ2n) is 7.57. The Morgan fingerprint density at radius 2 is 1.73 bits per heavy atom. The van der Waals surface area contributed by atoms with E-state index in [0.29, 0.717) is 24.5 Å². The van der Waals surface area contributed by atoms with Crippen LogP contribution in [0.4, 0.5) is 4.39 Å². The minimum atomic E-state index is -1.30. The van der Waals surface area contributed by atoms with Crippen molar-refractivity contribution in [3.8, 4) is 5.75 Å². The van der Waals surface area contributed by atoms with Gasteiger partial charge in [-0.25, -0.2) is 19.1 Å². The van der Waals surface area contributed by atoms with Gasteiger partial charge in [-0.3, -0.25) is 4.57 Å². The quantitative estimate of drug-likeness (QED) is 0.562. The van der Waals surface area contributed by atoms with Crippen LogP contribution >= 0.6 is 0 Å². The number of carboxylic acid groups (broad SMARTS) is 1. The maximum atomic E-state index is 13.1. The van der Waals surface area contributed by atoms with E-state index in [1.807, 2.05) is 12.1 Å². The standard InChI is InChI=1S/C22H24FN3O4/c1-22(2,20(27)28)30-18-12-8-15(9-13-18)4-3-5-19-24-25-21(29)26(19)14-16-6-10-17(23)11-7-16/h6-13H,3-5,14H2,1-2H3,(H,25,29)(H,27,28). The molecule has 0 atom stereocenters. The molecule has 0 spiro atoms. The summed E-state index contributed by atoms with van der Waals surface area (Å²) in [5.41, 5.74) is 0.298. The van der Waals surface area contributed by atoms with Crippen LogP contribution in [0, 0.1) is 5.82 Å². The van der Waals surface area contributed by atoms with E-state index in [2.05, 4.69) is 10.2 Å². The first-order valence-corrected chi connectivity index (χ1v) is 9.64. The van der Waals surface area contributed by atoms with Gasteiger partial charge < -0.3 is 9.84 Å². The van der Waals surface area contributed by atoms with Gasteiger partial charge in [0, 0.05) is 6.42 Å². The molecule has 0 saturated heterocycles. The number of aryl methyl sites for hydroxylation is 2. The minimum Gasteiger partial charge on any atom is -0.478 e. The molecule has 3 rings (SSSR count). The number of rotatable bonds is 9. The highest BCUT2D eigenvalue weighted by Crippen LogP contribution is 2.20. The molecule has 0 saturated carbocycles. The summed E-state index contributed by atoms with van der Waals surface area (Å²) in [7, 11) is 0. The van der Waals surface area contributed by atoms with E-state index in [4.69, 9.17) is 9.84 Å². The Balaban J connectivity index is 1.57. The third kappa shape index (κ3) is 5.34. The van der Waals surface area contributed by atoms with Crippen molar-refractivity contribution in [1.82, 2.24) is 14.8 Å². The third-order valence-electron chi connectivity index (χ3n) is 4.77. The zero-order valence-electron chi connectivity index (χ0n) is 16.9. The van der Waals surface area contributed by atoms with Gasteiger partial charge in [-0.15, -0.1) is 0 Å². The van der Waals surface area contributed by atoms with Gasteiger partial charge in [-0.05, 0) is 62.1 Å². The van der Waals surface area contributed by atoms with Crippen molar-refractivity contribution >= 4 is 5.97 Å². The van der Waals surface area contributed by atoms with Gasteiger partial charge in [-0.1, -0.05) is 24.3 Å². The molecule has 7 nitrogen and oxygen atoms in total. The van der Waals surface area contributed by atoms with Crippen LogP contribution in [-0.2, 0) is 24.2 Å². The van der Waals surface area contributed by atoms with Crippen molar-refractivity contribution in [3.63, 3.8) is 0 Å². The molecule has 0 amide bonds. The van der Waals surface area contributed by atoms with Crippen LogP contribution in [0.2, 0.25) is 0 Å². The number of carbonyl (C=O) groups is 1. The molecule has 0 unspecified atom stereocenters. The number of benzene rings is 2. The molecule has 0 fully saturated rings. The minimum absolute atomic E-state index is 0.295. The molecule has 1 aromatic heterocycles. The van der Waals surface area contributed by atoms with Crippen LogP contribution in [0.3, 0.4) is 0 Å². The Morgan fingerprint density at radius 1 is 1.10 bits per heavy atom. The van der Waals surface area contributed by atoms with Gasteiger partial charge >= 0.3 is 11.7 Å². The Morgan fingerprint density at radius 3 is 2.37 bits per heavy atom. The Bertz CT molecular complexity index is 1050. The summed E-state index contributed by atoms with van der Waals surface area (Å²) in [6.45, 7) is 3.33. The van der Waals surface area contributed by atoms with Crippen molar-refractivity contribution in [3.05, 3.63) is 81.8 Å². The number of aliphatic carboxylic acids is 1. The molecule has 30 heavy (non-hydrogen) atoms. The molecule has 0 aliphatic rings. The molecular formula is C22H24FN3O4. The molecule has 2 aromatic carbocycles. The highest BCUT2D eigenvalue weighted by molar-refractivity contribution is 5.76. The summed E-state index contributed by atoms with van der Waals surface area (Å²) in [5, 5.41) is 15.7. The zero-order chi connectivity index (χ0) is 21.7. The average molecular weight is 413 g/mol. The molecule has 158 valence electrons. The van der Waals surface area contributed by atoms with Crippen LogP contribution in [0.5, 0.6) is 5.75 Å². The average Bonchev–Trinajstić information content (AvgIpc) is 3.04. The molecule has 0 aliphatic carbocycles. The van der Waals surface area contributed by atoms with Gasteiger partial charge in [0.2, 0.25) is 0 Å². The summed E-state index contributed by atoms with van der Waals surface area (Å²) in [5.74, 6) is -0.210. The fourth-order valence-corrected chi connectivity index (χ4v) is 2.99. The highest BCUT2D eigenvalue weighted by Gasteiger charge is 2.29. The van der Waals surface area contributed by atoms with Crippen LogP contribution < -0.4 is 10.4 Å². The monoisotopic (exact) mass is 413 g/mol. The van der Waals surface area contributed by atoms with E-state index in [9.17, 15) is 14.0 Å². The smallest absolute Gasteiger partial charge is 0.347 e. The second kappa shape index (κ2) is 8.94. The lowest BCUT2D eigenvalue weighted by molar-refractivity contribution is -0.152. The fraction of sp³-hybridized carbons (Fsp3) is 0.318. The predicted molar refractivity (Wildman–Crippen MR) is 109 cm³/mol. The Hall–Kier alpha value is -3.42. The maximum absolute atomic E-state index is 13.1. The number of nitrogens with one attached hydrogen (secondary N) is 1. The summed E-state index contributed by atoms with van der Waals surface area (Å²) < 4.78 is 20.1. The van der Waals surface area contributed by atoms with Crippen LogP contribution in [0.1, 0.15) is 37.2 Å². The Labute approximate surface area is 173 Å². The lowest BCUT2D eigenvalue weighted by atomic mass is 10.1. The van der Waals surface area contributed by atoms with Crippen LogP contribution in [-0.4, -0.2) is 31.4 Å². The number of hydrogen-bond donors (Lipinski definition) is 2. The second-order valence-corrected chi connectivity index (χ2v) is 7.57. The topological polar surface area (TPSA) is 97.2 Å². The van der Waals surface area contributed by atoms with Gasteiger partial charge in [-0.2, -0.15) is 5.10 Å². The molecule has 8 heteroatoms. The van der Waals surface area contributed by atoms with E-state index in [-0.39, 0.29) is 11.5 Å². The van der Waals surface area contributed by atoms with Crippen molar-refractivity contribution in [2.75, 3.05) is 0 Å². The van der Waals surface area contributed by atoms with E-state index < -0.39 is 11.6 Å². The lowest BCUT2D eigenvalue weighted by Gasteiger charge is -2.21. The van der Waals surface area contributed by atoms with Crippen LogP contribution in [0.25, 0.3) is 0 Å². The van der Waals surface area contributed by atoms with Gasteiger partial charge in [0.05, 0.1) is 6.54 Å². The molecular weight excluding hydrogens is 389 g/mol. The number of nitrogens with zero attached hydrogens (tertiary/aromatic N) is 2. The maximum Gasteiger partial charge on any atom is 0.347 e. The first-order valence-electron chi connectivity index (χ1n) is 9.64. The van der Waals surface area contributed by atoms with E-state index in [0.717, 1.165) is 24.0 Å². The zero-order valence-corrected chi connectivity index (χ0v) is 16.9. The third-order valence-corrected chi connectivity index (χ3v) is 4.77. The van der Waals surface area contributed by atoms with E-state index >= 15 is 0 Å². The van der Waals surface area contributed by atoms with E-state index in [1.165, 1.54) is 26.0 Å². The highest BCUT2D eigenvalue weighted by atomic mass is 19.1. The summed E-state index contributed by atoms with van der Waals surface area (Å²) in [6, 6.07) is 13.3. The molecule has 0 radical (unpaired) electrons. The van der Waals surface area contributed by atoms with E-state index in [1.54, 1.807) is 28.8 Å². The van der Waals surface area contributed by atoms with Crippen LogP contribution in [0.15, 0.2) is 53.3 Å². The number of halogens is 1. The van der Waals surface area contributed by atoms with Gasteiger partial charge in [0.25, 0.3) is 0 Å². The largest absolute Gasteiger partial charge is 0.478 e. The number of aromatic amines is 1. The van der Waals surface area contributed by atoms with Gasteiger partial charge in [0.1, 0.15) is 17.4 Å². The first-order chi connectivity index (χ1) is 14.2. The van der Waals surface area contributed by atoms with Crippen molar-refractivity contribution in [1.29, 1.82) is 0 Å². The predicted octanol–water partition coefficient (Wildman–Crippen LogP) is 3.18. The summed E-state index contributed by atoms with van der Waals surface area (Å²) in [4.78, 5) is 23.2. The molecule has 0 aliphatic heterocycles. The van der Waals surface area contributed by atoms with Crippen molar-refractivity contribution in [2.45, 2.75) is 45.3 Å². The van der Waals surface area contributed by atoms with Gasteiger partial charge in [0.15, 0.2) is 5.60 Å². The Kier molecular flexibility index (Phi) is 6.34. The first kappa shape index (κ1) is 21.3. The molecule has 1 heterocycles. The number of hydrogen-bond acceptors (Lipinski definition) is 4. The number of H-pyrrole nitrogens is 1. The van der Waals surface area contributed by atoms with Crippen molar-refractivity contribution < 1.29 is 19.0 Å². The number of ether oxygens (including phenoxy) is 1. The summed E-state index contributed by atoms with van der Waals surface area (Å²) in [6.07, 6.45) is 2.14. The van der Waals surface area contributed by atoms with Crippen molar-refractivity contribution in [2.24, 2.45) is 0 Å². The molecule has 2 N–H and O–H groups in total. The normalized spacial score (nSPS) is 11.4. The number of aromatic nitrogens is 3.